The van der Waals surface area contributed by atoms with Crippen molar-refractivity contribution < 1.29 is 13.2 Å². The second-order valence-corrected chi connectivity index (χ2v) is 7.53. The van der Waals surface area contributed by atoms with Gasteiger partial charge < -0.3 is 0 Å². The number of rotatable bonds is 3. The van der Waals surface area contributed by atoms with Crippen LogP contribution in [-0.4, -0.2) is 34.8 Å². The number of benzene rings is 1. The molecule has 1 aliphatic heterocycles. The van der Waals surface area contributed by atoms with E-state index in [1.807, 2.05) is 0 Å². The molecule has 0 aliphatic carbocycles. The van der Waals surface area contributed by atoms with Crippen LogP contribution in [0.1, 0.15) is 28.5 Å². The van der Waals surface area contributed by atoms with Gasteiger partial charge in [-0.1, -0.05) is 12.1 Å². The summed E-state index contributed by atoms with van der Waals surface area (Å²) in [5.41, 5.74) is 1.64. The largest absolute Gasteiger partial charge is 0.295 e. The predicted molar refractivity (Wildman–Crippen MR) is 83.8 cm³/mol. The van der Waals surface area contributed by atoms with Gasteiger partial charge in [-0.05, 0) is 25.5 Å². The average molecular weight is 335 g/mol. The van der Waals surface area contributed by atoms with Crippen LogP contribution in [0.3, 0.4) is 0 Å². The van der Waals surface area contributed by atoms with Crippen LogP contribution >= 0.6 is 0 Å². The van der Waals surface area contributed by atoms with Gasteiger partial charge in [-0.2, -0.15) is 4.31 Å². The standard InChI is InChI=1S/C15H17N3O4S/c1-10(19)11-3-5-12(6-4-11)23(21,22)18-8-7-13-14(9-18)17(2)16-15(13)20/h3-6H,7-9H2,1-2H3,(H,16,20). The average Bonchev–Trinajstić information content (AvgIpc) is 2.81. The highest BCUT2D eigenvalue weighted by Gasteiger charge is 2.31. The lowest BCUT2D eigenvalue weighted by Crippen LogP contribution is -2.37. The Balaban J connectivity index is 1.93. The fourth-order valence-electron chi connectivity index (χ4n) is 2.78. The van der Waals surface area contributed by atoms with Gasteiger partial charge in [0.15, 0.2) is 5.78 Å². The number of aryl methyl sites for hydroxylation is 1. The van der Waals surface area contributed by atoms with Gasteiger partial charge in [0.2, 0.25) is 10.0 Å². The lowest BCUT2D eigenvalue weighted by atomic mass is 10.1. The molecule has 0 spiro atoms. The molecule has 0 unspecified atom stereocenters. The van der Waals surface area contributed by atoms with E-state index in [4.69, 9.17) is 0 Å². The van der Waals surface area contributed by atoms with Crippen molar-refractivity contribution >= 4 is 15.8 Å². The molecule has 0 radical (unpaired) electrons. The van der Waals surface area contributed by atoms with E-state index >= 15 is 0 Å². The van der Waals surface area contributed by atoms with Gasteiger partial charge in [0.05, 0.1) is 17.1 Å². The summed E-state index contributed by atoms with van der Waals surface area (Å²) in [6.45, 7) is 1.85. The van der Waals surface area contributed by atoms with E-state index in [9.17, 15) is 18.0 Å². The second kappa shape index (κ2) is 5.47. The Kier molecular flexibility index (Phi) is 3.73. The summed E-state index contributed by atoms with van der Waals surface area (Å²) in [6, 6.07) is 5.91. The first-order chi connectivity index (χ1) is 10.8. The van der Waals surface area contributed by atoms with Crippen LogP contribution in [-0.2, 0) is 30.0 Å². The van der Waals surface area contributed by atoms with Gasteiger partial charge in [-0.15, -0.1) is 0 Å². The van der Waals surface area contributed by atoms with Crippen molar-refractivity contribution in [3.8, 4) is 0 Å². The highest BCUT2D eigenvalue weighted by molar-refractivity contribution is 7.89. The summed E-state index contributed by atoms with van der Waals surface area (Å²) < 4.78 is 28.4. The minimum atomic E-state index is -3.66. The number of fused-ring (bicyclic) bond motifs is 1. The highest BCUT2D eigenvalue weighted by Crippen LogP contribution is 2.23. The van der Waals surface area contributed by atoms with Crippen molar-refractivity contribution in [1.29, 1.82) is 0 Å². The van der Waals surface area contributed by atoms with Crippen LogP contribution in [0.5, 0.6) is 0 Å². The van der Waals surface area contributed by atoms with Crippen LogP contribution in [0.4, 0.5) is 0 Å². The molecular formula is C15H17N3O4S. The Morgan fingerprint density at radius 1 is 1.22 bits per heavy atom. The molecule has 0 saturated carbocycles. The molecule has 8 heteroatoms. The topological polar surface area (TPSA) is 92.2 Å². The zero-order valence-corrected chi connectivity index (χ0v) is 13.7. The Morgan fingerprint density at radius 2 is 1.87 bits per heavy atom. The van der Waals surface area contributed by atoms with E-state index < -0.39 is 10.0 Å². The smallest absolute Gasteiger partial charge is 0.267 e. The van der Waals surface area contributed by atoms with Gasteiger partial charge in [-0.25, -0.2) is 8.42 Å². The third-order valence-electron chi connectivity index (χ3n) is 4.13. The minimum Gasteiger partial charge on any atom is -0.295 e. The quantitative estimate of drug-likeness (QED) is 0.834. The van der Waals surface area contributed by atoms with Crippen LogP contribution in [0, 0.1) is 0 Å². The van der Waals surface area contributed by atoms with Gasteiger partial charge in [0.25, 0.3) is 5.56 Å². The SMILES string of the molecule is CC(=O)c1ccc(S(=O)(=O)N2CCc3c(n(C)[nH]c3=O)C2)cc1. The van der Waals surface area contributed by atoms with E-state index in [0.717, 1.165) is 0 Å². The Morgan fingerprint density at radius 3 is 2.48 bits per heavy atom. The lowest BCUT2D eigenvalue weighted by Gasteiger charge is -2.26. The molecule has 1 aliphatic rings. The van der Waals surface area contributed by atoms with E-state index in [1.54, 1.807) is 11.7 Å². The van der Waals surface area contributed by atoms with E-state index in [2.05, 4.69) is 5.10 Å². The maximum absolute atomic E-state index is 12.7. The molecule has 122 valence electrons. The van der Waals surface area contributed by atoms with Crippen molar-refractivity contribution in [3.05, 3.63) is 51.4 Å². The number of aromatic amines is 1. The summed E-state index contributed by atoms with van der Waals surface area (Å²) >= 11 is 0. The molecular weight excluding hydrogens is 318 g/mol. The zero-order valence-electron chi connectivity index (χ0n) is 12.9. The first kappa shape index (κ1) is 15.7. The number of carbonyl (C=O) groups is 1. The maximum atomic E-state index is 12.7. The summed E-state index contributed by atoms with van der Waals surface area (Å²) in [6.07, 6.45) is 0.385. The third-order valence-corrected chi connectivity index (χ3v) is 5.99. The van der Waals surface area contributed by atoms with Crippen molar-refractivity contribution in [2.24, 2.45) is 7.05 Å². The van der Waals surface area contributed by atoms with Gasteiger partial charge in [0.1, 0.15) is 0 Å². The molecule has 23 heavy (non-hydrogen) atoms. The first-order valence-electron chi connectivity index (χ1n) is 7.18. The van der Waals surface area contributed by atoms with Crippen LogP contribution < -0.4 is 5.56 Å². The summed E-state index contributed by atoms with van der Waals surface area (Å²) in [5, 5.41) is 2.65. The van der Waals surface area contributed by atoms with Crippen LogP contribution in [0.25, 0.3) is 0 Å². The molecule has 0 saturated heterocycles. The molecule has 1 aromatic carbocycles. The molecule has 2 aromatic rings. The fourth-order valence-corrected chi connectivity index (χ4v) is 4.18. The van der Waals surface area contributed by atoms with Crippen LogP contribution in [0.15, 0.2) is 34.0 Å². The Labute approximate surface area is 133 Å². The summed E-state index contributed by atoms with van der Waals surface area (Å²) in [7, 11) is -1.97. The van der Waals surface area contributed by atoms with E-state index in [-0.39, 0.29) is 29.3 Å². The minimum absolute atomic E-state index is 0.112. The number of nitrogens with zero attached hydrogens (tertiary/aromatic N) is 2. The molecule has 0 bridgehead atoms. The number of ketones is 1. The molecule has 0 amide bonds. The normalized spacial score (nSPS) is 15.4. The fraction of sp³-hybridized carbons (Fsp3) is 0.333. The molecule has 0 fully saturated rings. The first-order valence-corrected chi connectivity index (χ1v) is 8.62. The lowest BCUT2D eigenvalue weighted by molar-refractivity contribution is 0.101. The molecule has 2 heterocycles. The van der Waals surface area contributed by atoms with Crippen molar-refractivity contribution in [2.45, 2.75) is 24.8 Å². The number of sulfonamides is 1. The number of Topliss-reactive ketones (excluding diaryl/α,β-unsaturated/α-hetero) is 1. The maximum Gasteiger partial charge on any atom is 0.267 e. The molecule has 1 N–H and O–H groups in total. The second-order valence-electron chi connectivity index (χ2n) is 5.59. The molecule has 7 nitrogen and oxygen atoms in total. The number of hydrogen-bond donors (Lipinski definition) is 1. The van der Waals surface area contributed by atoms with Gasteiger partial charge >= 0.3 is 0 Å². The number of nitrogens with one attached hydrogen (secondary N) is 1. The van der Waals surface area contributed by atoms with E-state index in [1.165, 1.54) is 35.5 Å². The molecule has 1 aromatic heterocycles. The van der Waals surface area contributed by atoms with E-state index in [0.29, 0.717) is 23.2 Å². The monoisotopic (exact) mass is 335 g/mol. The predicted octanol–water partition coefficient (Wildman–Crippen LogP) is 0.663. The number of aromatic nitrogens is 2. The number of carbonyl (C=O) groups excluding carboxylic acids is 1. The zero-order chi connectivity index (χ0) is 16.8. The Bertz CT molecular complexity index is 923. The van der Waals surface area contributed by atoms with Crippen LogP contribution in [0.2, 0.25) is 0 Å². The van der Waals surface area contributed by atoms with Crippen molar-refractivity contribution in [2.75, 3.05) is 6.54 Å². The van der Waals surface area contributed by atoms with Gasteiger partial charge in [0, 0.05) is 24.7 Å². The van der Waals surface area contributed by atoms with Crippen molar-refractivity contribution in [3.63, 3.8) is 0 Å². The number of H-pyrrole nitrogens is 1. The molecule has 0 atom stereocenters. The number of hydrogen-bond acceptors (Lipinski definition) is 4. The highest BCUT2D eigenvalue weighted by atomic mass is 32.2. The Hall–Kier alpha value is -2.19. The van der Waals surface area contributed by atoms with Crippen molar-refractivity contribution in [1.82, 2.24) is 14.1 Å². The summed E-state index contributed by atoms with van der Waals surface area (Å²) in [4.78, 5) is 23.2. The third kappa shape index (κ3) is 2.64. The molecule has 3 rings (SSSR count). The van der Waals surface area contributed by atoms with Gasteiger partial charge in [-0.3, -0.25) is 19.4 Å². The summed E-state index contributed by atoms with van der Waals surface area (Å²) in [5.74, 6) is -0.112.